The fourth-order valence-electron chi connectivity index (χ4n) is 7.48. The topological polar surface area (TPSA) is 35.5 Å². The molecule has 5 atom stereocenters. The third-order valence-electron chi connectivity index (χ3n) is 12.8. The monoisotopic (exact) mass is 669 g/mol. The highest BCUT2D eigenvalue weighted by Gasteiger charge is 2.47. The third-order valence-corrected chi connectivity index (χ3v) is 21.8. The molecule has 0 saturated heterocycles. The van der Waals surface area contributed by atoms with E-state index in [4.69, 9.17) is 8.85 Å². The molecule has 0 aromatic heterocycles. The van der Waals surface area contributed by atoms with Gasteiger partial charge in [-0.15, -0.1) is 0 Å². The molecule has 2 saturated carbocycles. The molecule has 3 nitrogen and oxygen atoms in total. The number of carbonyl (C=O) groups excluding carboxylic acids is 1. The third kappa shape index (κ3) is 8.95. The van der Waals surface area contributed by atoms with Gasteiger partial charge in [-0.3, -0.25) is 4.79 Å². The van der Waals surface area contributed by atoms with Gasteiger partial charge in [0.05, 0.1) is 12.2 Å². The summed E-state index contributed by atoms with van der Waals surface area (Å²) in [5.41, 5.74) is 5.72. The first kappa shape index (κ1) is 39.4. The predicted molar refractivity (Wildman–Crippen MR) is 204 cm³/mol. The van der Waals surface area contributed by atoms with E-state index in [-0.39, 0.29) is 33.1 Å². The lowest BCUT2D eigenvalue weighted by Crippen LogP contribution is -2.49. The molecule has 0 bridgehead atoms. The van der Waals surface area contributed by atoms with Crippen molar-refractivity contribution in [3.63, 3.8) is 0 Å². The SMILES string of the molecule is C=C1/C(=C\C=C2/CCC[C@]3(C)C([C@H](C)CCCC(=O)C(C)(C)C)=CC[C@@H]23)C[C@H](O[Si](C)(C)C(C)(C)C)C[C@H]1O[Si](C)(C)C(C)(C)C. The molecule has 0 N–H and O–H groups in total. The summed E-state index contributed by atoms with van der Waals surface area (Å²) in [6.07, 6.45) is 17.1. The van der Waals surface area contributed by atoms with E-state index in [1.165, 1.54) is 30.4 Å². The largest absolute Gasteiger partial charge is 0.413 e. The van der Waals surface area contributed by atoms with Gasteiger partial charge in [0, 0.05) is 18.3 Å². The highest BCUT2D eigenvalue weighted by Crippen LogP contribution is 2.57. The summed E-state index contributed by atoms with van der Waals surface area (Å²) in [6, 6.07) is 0. The van der Waals surface area contributed by atoms with Gasteiger partial charge in [0.15, 0.2) is 16.6 Å². The fraction of sp³-hybridized carbons (Fsp3) is 0.780. The van der Waals surface area contributed by atoms with E-state index < -0.39 is 16.6 Å². The van der Waals surface area contributed by atoms with Crippen molar-refractivity contribution in [2.24, 2.45) is 22.7 Å². The van der Waals surface area contributed by atoms with Gasteiger partial charge in [-0.25, -0.2) is 0 Å². The normalized spacial score (nSPS) is 29.2. The molecular weight excluding hydrogens is 597 g/mol. The standard InChI is InChI=1S/C41H72O3Si2/c1-29(19-17-21-37(42)38(3,4)5)34-24-25-35-31(20-18-26-41(34,35)12)22-23-32-27-33(43-45(13,14)39(6,7)8)28-36(30(32)2)44-46(15,16)40(9,10)11/h22-24,29,33,35-36H,2,17-21,25-28H2,1,3-16H3/b31-22+,32-23-/t29-,33+,35+,36-,41-/m1/s1. The minimum Gasteiger partial charge on any atom is -0.413 e. The highest BCUT2D eigenvalue weighted by molar-refractivity contribution is 6.74. The Kier molecular flexibility index (Phi) is 12.1. The first-order valence-electron chi connectivity index (χ1n) is 18.5. The molecule has 0 radical (unpaired) electrons. The van der Waals surface area contributed by atoms with Crippen LogP contribution in [0, 0.1) is 22.7 Å². The highest BCUT2D eigenvalue weighted by atomic mass is 28.4. The summed E-state index contributed by atoms with van der Waals surface area (Å²) < 4.78 is 14.2. The fourth-order valence-corrected chi connectivity index (χ4v) is 10.2. The second kappa shape index (κ2) is 14.1. The second-order valence-electron chi connectivity index (χ2n) is 19.5. The van der Waals surface area contributed by atoms with Gasteiger partial charge in [0.2, 0.25) is 0 Å². The molecular formula is C41H72O3Si2. The Balaban J connectivity index is 1.84. The quantitative estimate of drug-likeness (QED) is 0.172. The first-order chi connectivity index (χ1) is 20.8. The maximum absolute atomic E-state index is 12.5. The Labute approximate surface area is 287 Å². The van der Waals surface area contributed by atoms with Crippen LogP contribution in [0.25, 0.3) is 0 Å². The summed E-state index contributed by atoms with van der Waals surface area (Å²) >= 11 is 0. The minimum atomic E-state index is -1.99. The zero-order valence-corrected chi connectivity index (χ0v) is 34.8. The molecule has 2 fully saturated rings. The van der Waals surface area contributed by atoms with E-state index in [2.05, 4.69) is 106 Å². The Morgan fingerprint density at radius 1 is 1.00 bits per heavy atom. The molecule has 262 valence electrons. The lowest BCUT2D eigenvalue weighted by molar-refractivity contribution is -0.126. The van der Waals surface area contributed by atoms with Gasteiger partial charge in [-0.1, -0.05) is 112 Å². The number of fused-ring (bicyclic) bond motifs is 1. The molecule has 3 rings (SSSR count). The molecule has 5 heteroatoms. The van der Waals surface area contributed by atoms with Gasteiger partial charge >= 0.3 is 0 Å². The number of rotatable bonds is 10. The van der Waals surface area contributed by atoms with Crippen molar-refractivity contribution in [1.29, 1.82) is 0 Å². The number of Topliss-reactive ketones (excluding diaryl/α,β-unsaturated/α-hetero) is 1. The van der Waals surface area contributed by atoms with E-state index in [1.807, 2.05) is 20.8 Å². The van der Waals surface area contributed by atoms with Crippen LogP contribution in [-0.4, -0.2) is 34.6 Å². The second-order valence-corrected chi connectivity index (χ2v) is 29.0. The zero-order valence-electron chi connectivity index (χ0n) is 32.8. The van der Waals surface area contributed by atoms with E-state index in [9.17, 15) is 4.79 Å². The minimum absolute atomic E-state index is 0.0106. The zero-order chi connectivity index (χ0) is 35.1. The summed E-state index contributed by atoms with van der Waals surface area (Å²) in [4.78, 5) is 12.5. The summed E-state index contributed by atoms with van der Waals surface area (Å²) in [5, 5.41) is 0.313. The van der Waals surface area contributed by atoms with Gasteiger partial charge in [-0.2, -0.15) is 0 Å². The van der Waals surface area contributed by atoms with E-state index >= 15 is 0 Å². The number of allylic oxidation sites excluding steroid dienone is 5. The Morgan fingerprint density at radius 2 is 1.59 bits per heavy atom. The molecule has 0 aliphatic heterocycles. The Bertz CT molecular complexity index is 1210. The summed E-state index contributed by atoms with van der Waals surface area (Å²) in [6.45, 7) is 39.2. The van der Waals surface area contributed by atoms with Crippen LogP contribution in [0.3, 0.4) is 0 Å². The van der Waals surface area contributed by atoms with Crippen LogP contribution in [0.4, 0.5) is 0 Å². The lowest BCUT2D eigenvalue weighted by atomic mass is 9.62. The number of carbonyl (C=O) groups is 1. The van der Waals surface area contributed by atoms with Crippen LogP contribution in [0.15, 0.2) is 47.1 Å². The molecule has 0 spiro atoms. The molecule has 46 heavy (non-hydrogen) atoms. The van der Waals surface area contributed by atoms with E-state index in [0.29, 0.717) is 24.0 Å². The van der Waals surface area contributed by atoms with Crippen molar-refractivity contribution in [2.45, 2.75) is 182 Å². The van der Waals surface area contributed by atoms with Crippen LogP contribution < -0.4 is 0 Å². The molecule has 0 aromatic carbocycles. The predicted octanol–water partition coefficient (Wildman–Crippen LogP) is 12.5. The molecule has 0 unspecified atom stereocenters. The molecule has 3 aliphatic rings. The van der Waals surface area contributed by atoms with Crippen LogP contribution in [0.2, 0.25) is 36.3 Å². The van der Waals surface area contributed by atoms with Gasteiger partial charge < -0.3 is 8.85 Å². The summed E-state index contributed by atoms with van der Waals surface area (Å²) in [7, 11) is -3.93. The number of ketones is 1. The molecule has 0 aromatic rings. The molecule has 0 heterocycles. The van der Waals surface area contributed by atoms with Crippen LogP contribution in [0.1, 0.15) is 134 Å². The van der Waals surface area contributed by atoms with Crippen molar-refractivity contribution in [3.8, 4) is 0 Å². The van der Waals surface area contributed by atoms with Gasteiger partial charge in [-0.05, 0) is 110 Å². The van der Waals surface area contributed by atoms with Crippen LogP contribution in [-0.2, 0) is 13.6 Å². The van der Waals surface area contributed by atoms with Crippen LogP contribution in [0.5, 0.6) is 0 Å². The van der Waals surface area contributed by atoms with Crippen LogP contribution >= 0.6 is 0 Å². The molecule has 0 amide bonds. The van der Waals surface area contributed by atoms with Crippen molar-refractivity contribution in [1.82, 2.24) is 0 Å². The lowest BCUT2D eigenvalue weighted by Gasteiger charge is -2.45. The average molecular weight is 669 g/mol. The number of hydrogen-bond acceptors (Lipinski definition) is 3. The van der Waals surface area contributed by atoms with E-state index in [1.54, 1.807) is 11.1 Å². The maximum atomic E-state index is 12.5. The van der Waals surface area contributed by atoms with Gasteiger partial charge in [0.1, 0.15) is 5.78 Å². The number of hydrogen-bond donors (Lipinski definition) is 0. The van der Waals surface area contributed by atoms with Crippen molar-refractivity contribution < 1.29 is 13.6 Å². The van der Waals surface area contributed by atoms with Gasteiger partial charge in [0.25, 0.3) is 0 Å². The average Bonchev–Trinajstić information content (AvgIpc) is 3.24. The van der Waals surface area contributed by atoms with Crippen molar-refractivity contribution >= 4 is 22.4 Å². The Morgan fingerprint density at radius 3 is 2.15 bits per heavy atom. The smallest absolute Gasteiger partial charge is 0.192 e. The van der Waals surface area contributed by atoms with Crippen molar-refractivity contribution in [2.75, 3.05) is 0 Å². The maximum Gasteiger partial charge on any atom is 0.192 e. The Hall–Kier alpha value is -1.02. The van der Waals surface area contributed by atoms with E-state index in [0.717, 1.165) is 32.1 Å². The summed E-state index contributed by atoms with van der Waals surface area (Å²) in [5.74, 6) is 1.49. The molecule has 3 aliphatic carbocycles. The van der Waals surface area contributed by atoms with Crippen molar-refractivity contribution in [3.05, 3.63) is 47.1 Å². The first-order valence-corrected chi connectivity index (χ1v) is 24.3.